The van der Waals surface area contributed by atoms with E-state index in [1.54, 1.807) is 6.07 Å². The zero-order chi connectivity index (χ0) is 19.6. The molecular weight excluding hydrogens is 355 g/mol. The van der Waals surface area contributed by atoms with Crippen molar-refractivity contribution in [3.05, 3.63) is 29.3 Å². The van der Waals surface area contributed by atoms with Gasteiger partial charge in [-0.05, 0) is 58.0 Å². The van der Waals surface area contributed by atoms with E-state index in [9.17, 15) is 8.60 Å². The molecule has 0 fully saturated rings. The van der Waals surface area contributed by atoms with Crippen molar-refractivity contribution in [3.8, 4) is 0 Å². The molecule has 0 saturated carbocycles. The highest BCUT2D eigenvalue weighted by Gasteiger charge is 2.40. The first-order chi connectivity index (χ1) is 11.1. The summed E-state index contributed by atoms with van der Waals surface area (Å²) in [6, 6.07) is 3.06. The van der Waals surface area contributed by atoms with E-state index in [4.69, 9.17) is 4.43 Å². The Labute approximate surface area is 155 Å². The summed E-state index contributed by atoms with van der Waals surface area (Å²) in [5.41, 5.74) is 1.01. The Morgan fingerprint density at radius 3 is 2.28 bits per heavy atom. The topological polar surface area (TPSA) is 51.2 Å². The number of rotatable bonds is 6. The fourth-order valence-corrected chi connectivity index (χ4v) is 3.88. The molecule has 1 unspecified atom stereocenters. The Morgan fingerprint density at radius 1 is 1.24 bits per heavy atom. The van der Waals surface area contributed by atoms with E-state index in [2.05, 4.69) is 43.6 Å². The second-order valence-electron chi connectivity index (χ2n) is 8.92. The van der Waals surface area contributed by atoms with Crippen molar-refractivity contribution in [3.63, 3.8) is 0 Å². The van der Waals surface area contributed by atoms with Crippen molar-refractivity contribution in [2.75, 3.05) is 6.54 Å². The average molecular weight is 389 g/mol. The van der Waals surface area contributed by atoms with Crippen molar-refractivity contribution in [2.45, 2.75) is 77.4 Å². The van der Waals surface area contributed by atoms with Crippen LogP contribution in [0, 0.1) is 12.7 Å². The lowest BCUT2D eigenvalue weighted by atomic mass is 10.2. The SMILES string of the molecule is Cc1ccc(F)c([C@H](CNS(=O)C(C)(C)C)O[Si](C)(C)C(C)(C)C)n1. The standard InChI is InChI=1S/C18H33FN2O2SSi/c1-13-10-11-14(19)16(21-13)15(12-20-24(22)17(2,3)4)23-25(8,9)18(5,6)7/h10-11,15,20H,12H2,1-9H3/t15-,24?/m0/s1. The van der Waals surface area contributed by atoms with Gasteiger partial charge in [-0.2, -0.15) is 0 Å². The van der Waals surface area contributed by atoms with Crippen molar-refractivity contribution in [1.82, 2.24) is 9.71 Å². The first kappa shape index (κ1) is 22.4. The van der Waals surface area contributed by atoms with Crippen molar-refractivity contribution in [2.24, 2.45) is 0 Å². The van der Waals surface area contributed by atoms with Crippen molar-refractivity contribution in [1.29, 1.82) is 0 Å². The Morgan fingerprint density at radius 2 is 1.80 bits per heavy atom. The van der Waals surface area contributed by atoms with Gasteiger partial charge in [0.05, 0.1) is 15.7 Å². The molecule has 7 heteroatoms. The number of hydrogen-bond acceptors (Lipinski definition) is 3. The molecular formula is C18H33FN2O2SSi. The molecule has 0 amide bonds. The summed E-state index contributed by atoms with van der Waals surface area (Å²) in [7, 11) is -3.41. The van der Waals surface area contributed by atoms with Gasteiger partial charge in [0.1, 0.15) is 17.6 Å². The summed E-state index contributed by atoms with van der Waals surface area (Å²) in [6.45, 7) is 18.4. The summed E-state index contributed by atoms with van der Waals surface area (Å²) in [5.74, 6) is -0.391. The molecule has 144 valence electrons. The molecule has 0 aliphatic carbocycles. The van der Waals surface area contributed by atoms with Crippen LogP contribution >= 0.6 is 0 Å². The van der Waals surface area contributed by atoms with Crippen LogP contribution in [0.3, 0.4) is 0 Å². The van der Waals surface area contributed by atoms with Crippen molar-refractivity contribution >= 4 is 19.3 Å². The zero-order valence-electron chi connectivity index (χ0n) is 17.0. The number of aromatic nitrogens is 1. The van der Waals surface area contributed by atoms with E-state index in [0.29, 0.717) is 0 Å². The van der Waals surface area contributed by atoms with E-state index in [0.717, 1.165) is 5.69 Å². The van der Waals surface area contributed by atoms with Gasteiger partial charge >= 0.3 is 0 Å². The quantitative estimate of drug-likeness (QED) is 0.722. The zero-order valence-corrected chi connectivity index (χ0v) is 18.8. The monoisotopic (exact) mass is 388 g/mol. The van der Waals surface area contributed by atoms with Gasteiger partial charge in [0, 0.05) is 12.2 Å². The van der Waals surface area contributed by atoms with Crippen LogP contribution in [-0.4, -0.2) is 28.8 Å². The van der Waals surface area contributed by atoms with Crippen LogP contribution in [0.1, 0.15) is 59.0 Å². The predicted molar refractivity (Wildman–Crippen MR) is 106 cm³/mol. The summed E-state index contributed by atoms with van der Waals surface area (Å²) < 4.78 is 35.8. The molecule has 0 bridgehead atoms. The van der Waals surface area contributed by atoms with Crippen molar-refractivity contribution < 1.29 is 13.0 Å². The largest absolute Gasteiger partial charge is 0.407 e. The number of nitrogens with one attached hydrogen (secondary N) is 1. The van der Waals surface area contributed by atoms with Gasteiger partial charge in [0.2, 0.25) is 0 Å². The molecule has 0 aliphatic rings. The third-order valence-electron chi connectivity index (χ3n) is 4.52. The number of nitrogens with zero attached hydrogens (tertiary/aromatic N) is 1. The molecule has 0 aromatic carbocycles. The van der Waals surface area contributed by atoms with E-state index in [-0.39, 0.29) is 17.3 Å². The van der Waals surface area contributed by atoms with Crippen LogP contribution in [0.5, 0.6) is 0 Å². The highest BCUT2D eigenvalue weighted by molar-refractivity contribution is 7.84. The minimum absolute atomic E-state index is 0.0191. The van der Waals surface area contributed by atoms with E-state index in [1.807, 2.05) is 27.7 Å². The molecule has 0 aliphatic heterocycles. The molecule has 1 aromatic rings. The average Bonchev–Trinajstić information content (AvgIpc) is 2.43. The first-order valence-corrected chi connectivity index (χ1v) is 12.7. The van der Waals surface area contributed by atoms with E-state index >= 15 is 0 Å². The Bertz CT molecular complexity index is 624. The number of pyridine rings is 1. The summed E-state index contributed by atoms with van der Waals surface area (Å²) in [6.07, 6.45) is -0.577. The molecule has 0 spiro atoms. The fourth-order valence-electron chi connectivity index (χ4n) is 1.88. The Kier molecular flexibility index (Phi) is 7.12. The maximum atomic E-state index is 14.4. The lowest BCUT2D eigenvalue weighted by molar-refractivity contribution is 0.177. The van der Waals surface area contributed by atoms with E-state index in [1.165, 1.54) is 6.07 Å². The van der Waals surface area contributed by atoms with E-state index < -0.39 is 36.0 Å². The minimum atomic E-state index is -2.15. The van der Waals surface area contributed by atoms with Gasteiger partial charge in [-0.1, -0.05) is 20.8 Å². The lowest BCUT2D eigenvalue weighted by Crippen LogP contribution is -2.45. The maximum absolute atomic E-state index is 14.4. The maximum Gasteiger partial charge on any atom is 0.193 e. The summed E-state index contributed by atoms with van der Waals surface area (Å²) in [5, 5.41) is -0.0191. The molecule has 2 atom stereocenters. The van der Waals surface area contributed by atoms with Crippen LogP contribution in [0.25, 0.3) is 0 Å². The second kappa shape index (κ2) is 7.94. The third-order valence-corrected chi connectivity index (χ3v) is 10.5. The molecule has 1 N–H and O–H groups in total. The summed E-state index contributed by atoms with van der Waals surface area (Å²) >= 11 is 0. The molecule has 4 nitrogen and oxygen atoms in total. The molecule has 0 saturated heterocycles. The molecule has 1 rings (SSSR count). The smallest absolute Gasteiger partial charge is 0.193 e. The minimum Gasteiger partial charge on any atom is -0.407 e. The van der Waals surface area contributed by atoms with Gasteiger partial charge in [0.25, 0.3) is 0 Å². The normalized spacial score (nSPS) is 15.9. The molecule has 25 heavy (non-hydrogen) atoms. The van der Waals surface area contributed by atoms with Crippen LogP contribution in [0.4, 0.5) is 4.39 Å². The first-order valence-electron chi connectivity index (χ1n) is 8.61. The second-order valence-corrected chi connectivity index (χ2v) is 15.7. The Hall–Kier alpha value is -0.633. The van der Waals surface area contributed by atoms with Gasteiger partial charge in [-0.15, -0.1) is 0 Å². The molecule has 1 aromatic heterocycles. The van der Waals surface area contributed by atoms with Gasteiger partial charge < -0.3 is 4.43 Å². The van der Waals surface area contributed by atoms with Crippen LogP contribution in [-0.2, 0) is 15.4 Å². The predicted octanol–water partition coefficient (Wildman–Crippen LogP) is 4.64. The number of halogens is 1. The van der Waals surface area contributed by atoms with Gasteiger partial charge in [-0.25, -0.2) is 13.3 Å². The van der Waals surface area contributed by atoms with Gasteiger partial charge in [-0.3, -0.25) is 4.98 Å². The summed E-state index contributed by atoms with van der Waals surface area (Å²) in [4.78, 5) is 4.36. The number of hydrogen-bond donors (Lipinski definition) is 1. The van der Waals surface area contributed by atoms with Crippen LogP contribution < -0.4 is 4.72 Å². The highest BCUT2D eigenvalue weighted by Crippen LogP contribution is 2.39. The fraction of sp³-hybridized carbons (Fsp3) is 0.722. The van der Waals surface area contributed by atoms with Gasteiger partial charge in [0.15, 0.2) is 8.32 Å². The number of aryl methyl sites for hydroxylation is 1. The van der Waals surface area contributed by atoms with Crippen LogP contribution in [0.15, 0.2) is 12.1 Å². The van der Waals surface area contributed by atoms with Crippen LogP contribution in [0.2, 0.25) is 18.1 Å². The molecule has 1 heterocycles. The molecule has 0 radical (unpaired) electrons. The Balaban J connectivity index is 3.15. The lowest BCUT2D eigenvalue weighted by Gasteiger charge is -2.39. The highest BCUT2D eigenvalue weighted by atomic mass is 32.2. The third kappa shape index (κ3) is 6.23.